The summed E-state index contributed by atoms with van der Waals surface area (Å²) in [5.41, 5.74) is -0.838. The van der Waals surface area contributed by atoms with Crippen LogP contribution in [0.3, 0.4) is 0 Å². The monoisotopic (exact) mass is 500 g/mol. The highest BCUT2D eigenvalue weighted by Crippen LogP contribution is 2.36. The van der Waals surface area contributed by atoms with Crippen molar-refractivity contribution in [3.63, 3.8) is 0 Å². The molecule has 9 heteroatoms. The minimum atomic E-state index is -4.49. The Hall–Kier alpha value is -2.36. The second-order valence-electron chi connectivity index (χ2n) is 9.04. The highest BCUT2D eigenvalue weighted by molar-refractivity contribution is 5.69. The molecular weight excluding hydrogens is 465 g/mol. The number of halogens is 3. The zero-order valence-electron chi connectivity index (χ0n) is 20.0. The lowest BCUT2D eigenvalue weighted by Gasteiger charge is -2.19. The van der Waals surface area contributed by atoms with E-state index in [1.54, 1.807) is 19.9 Å². The van der Waals surface area contributed by atoms with E-state index in [1.165, 1.54) is 18.2 Å². The normalized spacial score (nSPS) is 23.9. The summed E-state index contributed by atoms with van der Waals surface area (Å²) in [7, 11) is 0. The van der Waals surface area contributed by atoms with Crippen molar-refractivity contribution >= 4 is 5.97 Å². The summed E-state index contributed by atoms with van der Waals surface area (Å²) in [5.74, 6) is -0.883. The summed E-state index contributed by atoms with van der Waals surface area (Å²) in [5, 5.41) is 30.8. The van der Waals surface area contributed by atoms with E-state index in [2.05, 4.69) is 0 Å². The van der Waals surface area contributed by atoms with Crippen molar-refractivity contribution in [3.8, 4) is 5.75 Å². The fraction of sp³-hybridized carbons (Fsp3) is 0.577. The number of aliphatic hydroxyl groups excluding tert-OH is 3. The first kappa shape index (κ1) is 28.9. The predicted molar refractivity (Wildman–Crippen MR) is 125 cm³/mol. The SMILES string of the molecule is CC(C)OC(=O)CCC/C=C/C[C@@H]1[C@@H](/C=C/C(O)COc2cccc(C(F)(F)F)c2)[C@H](O)C[C@@H]1O. The maximum absolute atomic E-state index is 12.8. The van der Waals surface area contributed by atoms with E-state index >= 15 is 0 Å². The predicted octanol–water partition coefficient (Wildman–Crippen LogP) is 4.43. The third-order valence-electron chi connectivity index (χ3n) is 5.75. The van der Waals surface area contributed by atoms with Gasteiger partial charge < -0.3 is 24.8 Å². The Labute approximate surface area is 204 Å². The van der Waals surface area contributed by atoms with E-state index in [9.17, 15) is 33.3 Å². The number of alkyl halides is 3. The maximum Gasteiger partial charge on any atom is 0.416 e. The van der Waals surface area contributed by atoms with Gasteiger partial charge in [0, 0.05) is 18.8 Å². The number of aliphatic hydroxyl groups is 3. The Morgan fingerprint density at radius 3 is 2.63 bits per heavy atom. The molecule has 0 amide bonds. The second kappa shape index (κ2) is 13.7. The minimum Gasteiger partial charge on any atom is -0.491 e. The molecule has 5 atom stereocenters. The first-order valence-corrected chi connectivity index (χ1v) is 11.8. The molecule has 0 radical (unpaired) electrons. The van der Waals surface area contributed by atoms with Gasteiger partial charge in [-0.1, -0.05) is 30.4 Å². The van der Waals surface area contributed by atoms with Crippen molar-refractivity contribution in [1.29, 1.82) is 0 Å². The first-order valence-electron chi connectivity index (χ1n) is 11.8. The largest absolute Gasteiger partial charge is 0.491 e. The van der Waals surface area contributed by atoms with Gasteiger partial charge in [0.05, 0.1) is 23.9 Å². The van der Waals surface area contributed by atoms with Crippen molar-refractivity contribution < 1.29 is 42.8 Å². The average molecular weight is 501 g/mol. The number of carbonyl (C=O) groups is 1. The molecule has 196 valence electrons. The fourth-order valence-electron chi connectivity index (χ4n) is 4.02. The number of unbranched alkanes of at least 4 members (excludes halogenated alkanes) is 1. The Bertz CT molecular complexity index is 852. The summed E-state index contributed by atoms with van der Waals surface area (Å²) in [6.07, 6.45) is 2.09. The Kier molecular flexibility index (Phi) is 11.3. The van der Waals surface area contributed by atoms with E-state index in [1.807, 2.05) is 12.2 Å². The summed E-state index contributed by atoms with van der Waals surface area (Å²) in [6, 6.07) is 4.40. The van der Waals surface area contributed by atoms with Crippen LogP contribution in [0.2, 0.25) is 0 Å². The van der Waals surface area contributed by atoms with Gasteiger partial charge in [-0.05, 0) is 57.2 Å². The third kappa shape index (κ3) is 10.0. The summed E-state index contributed by atoms with van der Waals surface area (Å²) >= 11 is 0. The quantitative estimate of drug-likeness (QED) is 0.223. The second-order valence-corrected chi connectivity index (χ2v) is 9.04. The highest BCUT2D eigenvalue weighted by Gasteiger charge is 2.39. The van der Waals surface area contributed by atoms with E-state index in [0.717, 1.165) is 12.1 Å². The van der Waals surface area contributed by atoms with E-state index in [0.29, 0.717) is 25.7 Å². The number of rotatable bonds is 12. The number of ether oxygens (including phenoxy) is 2. The standard InChI is InChI=1S/C26H35F3O6/c1-17(2)35-25(33)11-6-4-3-5-10-21-22(24(32)15-23(21)31)13-12-19(30)16-34-20-9-7-8-18(14-20)26(27,28)29/h3,5,7-9,12-14,17,19,21-24,30-32H,4,6,10-11,15-16H2,1-2H3/b5-3+,13-12+/t19?,21-,22-,23+,24-/m1/s1. The number of carbonyl (C=O) groups excluding carboxylic acids is 1. The molecule has 35 heavy (non-hydrogen) atoms. The molecule has 0 spiro atoms. The lowest BCUT2D eigenvalue weighted by Crippen LogP contribution is -2.21. The molecule has 0 aliphatic heterocycles. The van der Waals surface area contributed by atoms with Gasteiger partial charge in [-0.2, -0.15) is 13.2 Å². The zero-order chi connectivity index (χ0) is 26.0. The van der Waals surface area contributed by atoms with Gasteiger partial charge >= 0.3 is 12.1 Å². The van der Waals surface area contributed by atoms with Gasteiger partial charge in [0.15, 0.2) is 0 Å². The number of benzene rings is 1. The van der Waals surface area contributed by atoms with Crippen LogP contribution in [0.25, 0.3) is 0 Å². The van der Waals surface area contributed by atoms with Crippen LogP contribution in [0.15, 0.2) is 48.6 Å². The molecule has 0 aromatic heterocycles. The summed E-state index contributed by atoms with van der Waals surface area (Å²) < 4.78 is 48.8. The molecule has 1 fully saturated rings. The van der Waals surface area contributed by atoms with Crippen LogP contribution in [0.4, 0.5) is 13.2 Å². The van der Waals surface area contributed by atoms with Crippen molar-refractivity contribution in [2.45, 2.75) is 76.5 Å². The molecule has 0 bridgehead atoms. The number of allylic oxidation sites excluding steroid dienone is 2. The third-order valence-corrected chi connectivity index (χ3v) is 5.75. The fourth-order valence-corrected chi connectivity index (χ4v) is 4.02. The van der Waals surface area contributed by atoms with Crippen LogP contribution in [0.5, 0.6) is 5.75 Å². The molecule has 1 unspecified atom stereocenters. The van der Waals surface area contributed by atoms with Crippen molar-refractivity contribution in [1.82, 2.24) is 0 Å². The van der Waals surface area contributed by atoms with Crippen LogP contribution in [0.1, 0.15) is 51.5 Å². The first-order chi connectivity index (χ1) is 16.5. The Morgan fingerprint density at radius 2 is 1.94 bits per heavy atom. The van der Waals surface area contributed by atoms with Gasteiger partial charge in [-0.15, -0.1) is 0 Å². The van der Waals surface area contributed by atoms with Crippen LogP contribution in [-0.4, -0.2) is 52.3 Å². The van der Waals surface area contributed by atoms with Gasteiger partial charge in [-0.3, -0.25) is 4.79 Å². The smallest absolute Gasteiger partial charge is 0.416 e. The molecule has 0 saturated heterocycles. The van der Waals surface area contributed by atoms with Crippen LogP contribution in [0, 0.1) is 11.8 Å². The molecule has 0 heterocycles. The minimum absolute atomic E-state index is 0.0101. The molecule has 1 saturated carbocycles. The lowest BCUT2D eigenvalue weighted by molar-refractivity contribution is -0.147. The molecule has 3 N–H and O–H groups in total. The van der Waals surface area contributed by atoms with Crippen molar-refractivity contribution in [3.05, 3.63) is 54.1 Å². The topological polar surface area (TPSA) is 96.2 Å². The van der Waals surface area contributed by atoms with E-state index in [-0.39, 0.29) is 42.7 Å². The molecule has 1 aromatic carbocycles. The summed E-state index contributed by atoms with van der Waals surface area (Å²) in [6.45, 7) is 3.34. The van der Waals surface area contributed by atoms with Gasteiger partial charge in [0.1, 0.15) is 18.5 Å². The highest BCUT2D eigenvalue weighted by atomic mass is 19.4. The Balaban J connectivity index is 1.82. The Morgan fingerprint density at radius 1 is 1.20 bits per heavy atom. The maximum atomic E-state index is 12.8. The van der Waals surface area contributed by atoms with Gasteiger partial charge in [0.25, 0.3) is 0 Å². The molecule has 1 aromatic rings. The number of hydrogen-bond donors (Lipinski definition) is 3. The molecule has 1 aliphatic rings. The number of esters is 1. The van der Waals surface area contributed by atoms with E-state index in [4.69, 9.17) is 9.47 Å². The summed E-state index contributed by atoms with van der Waals surface area (Å²) in [4.78, 5) is 11.5. The van der Waals surface area contributed by atoms with E-state index < -0.39 is 30.1 Å². The molecular formula is C26H35F3O6. The van der Waals surface area contributed by atoms with Gasteiger partial charge in [0.2, 0.25) is 0 Å². The van der Waals surface area contributed by atoms with Crippen molar-refractivity contribution in [2.75, 3.05) is 6.61 Å². The number of hydrogen-bond acceptors (Lipinski definition) is 6. The van der Waals surface area contributed by atoms with Crippen LogP contribution in [-0.2, 0) is 15.7 Å². The van der Waals surface area contributed by atoms with Crippen LogP contribution < -0.4 is 4.74 Å². The van der Waals surface area contributed by atoms with Crippen molar-refractivity contribution in [2.24, 2.45) is 11.8 Å². The lowest BCUT2D eigenvalue weighted by atomic mass is 9.89. The zero-order valence-corrected chi connectivity index (χ0v) is 20.0. The molecule has 2 rings (SSSR count). The average Bonchev–Trinajstić information content (AvgIpc) is 3.04. The molecule has 6 nitrogen and oxygen atoms in total. The molecule has 1 aliphatic carbocycles. The van der Waals surface area contributed by atoms with Gasteiger partial charge in [-0.25, -0.2) is 0 Å². The van der Waals surface area contributed by atoms with Crippen LogP contribution >= 0.6 is 0 Å².